The normalized spacial score (nSPS) is 15.1. The number of ether oxygens (including phenoxy) is 2. The highest BCUT2D eigenvalue weighted by atomic mass is 35.5. The number of hydrogen-bond acceptors (Lipinski definition) is 5. The zero-order valence-corrected chi connectivity index (χ0v) is 20.3. The number of halogens is 1. The van der Waals surface area contributed by atoms with E-state index in [4.69, 9.17) is 33.3 Å². The zero-order valence-electron chi connectivity index (χ0n) is 18.7. The van der Waals surface area contributed by atoms with Gasteiger partial charge in [0, 0.05) is 0 Å². The minimum Gasteiger partial charge on any atom is -0.490 e. The maximum atomic E-state index is 13.2. The van der Waals surface area contributed by atoms with Crippen LogP contribution in [-0.2, 0) is 9.59 Å². The second-order valence-corrected chi connectivity index (χ2v) is 8.26. The Balaban J connectivity index is 1.89. The summed E-state index contributed by atoms with van der Waals surface area (Å²) in [5.41, 5.74) is 1.05. The number of carbonyl (C=O) groups excluding carboxylic acids is 2. The standard InChI is InChI=1S/C25H27ClN2O4S/c1-3-5-6-10-13-32-22-20(26)15-17(16-21(22)31-4-2)14-19-23(29)27-25(33)28(24(19)30)18-11-8-7-9-12-18/h7-9,11-12,14-16H,3-6,10,13H2,1-2H3,(H,27,29,33)/b19-14-. The third-order valence-corrected chi connectivity index (χ3v) is 5.57. The van der Waals surface area contributed by atoms with Crippen LogP contribution in [0, 0.1) is 0 Å². The van der Waals surface area contributed by atoms with Crippen LogP contribution in [0.4, 0.5) is 5.69 Å². The van der Waals surface area contributed by atoms with Crippen molar-refractivity contribution in [2.24, 2.45) is 0 Å². The lowest BCUT2D eigenvalue weighted by Gasteiger charge is -2.28. The third-order valence-electron chi connectivity index (χ3n) is 5.00. The van der Waals surface area contributed by atoms with Crippen molar-refractivity contribution >= 4 is 52.5 Å². The van der Waals surface area contributed by atoms with Gasteiger partial charge in [0.2, 0.25) is 0 Å². The van der Waals surface area contributed by atoms with Gasteiger partial charge in [0.25, 0.3) is 11.8 Å². The number of nitrogens with one attached hydrogen (secondary N) is 1. The van der Waals surface area contributed by atoms with Crippen LogP contribution in [0.2, 0.25) is 5.02 Å². The van der Waals surface area contributed by atoms with Crippen molar-refractivity contribution in [2.45, 2.75) is 39.5 Å². The molecule has 0 bridgehead atoms. The topological polar surface area (TPSA) is 67.9 Å². The molecule has 33 heavy (non-hydrogen) atoms. The van der Waals surface area contributed by atoms with Gasteiger partial charge >= 0.3 is 0 Å². The van der Waals surface area contributed by atoms with Gasteiger partial charge in [0.15, 0.2) is 16.6 Å². The number of nitrogens with zero attached hydrogens (tertiary/aromatic N) is 1. The number of benzene rings is 2. The molecule has 1 aliphatic rings. The molecule has 1 N–H and O–H groups in total. The molecule has 174 valence electrons. The van der Waals surface area contributed by atoms with Crippen molar-refractivity contribution in [1.29, 1.82) is 0 Å². The molecule has 2 aromatic rings. The number of carbonyl (C=O) groups is 2. The van der Waals surface area contributed by atoms with E-state index < -0.39 is 11.8 Å². The molecule has 0 aliphatic carbocycles. The molecular formula is C25H27ClN2O4S. The van der Waals surface area contributed by atoms with Crippen molar-refractivity contribution in [3.63, 3.8) is 0 Å². The van der Waals surface area contributed by atoms with Crippen molar-refractivity contribution in [3.8, 4) is 11.5 Å². The third kappa shape index (κ3) is 6.12. The fourth-order valence-electron chi connectivity index (χ4n) is 3.41. The Morgan fingerprint density at radius 1 is 1.06 bits per heavy atom. The Bertz CT molecular complexity index is 1060. The summed E-state index contributed by atoms with van der Waals surface area (Å²) in [5, 5.41) is 2.96. The van der Waals surface area contributed by atoms with E-state index in [9.17, 15) is 9.59 Å². The van der Waals surface area contributed by atoms with Gasteiger partial charge in [0.1, 0.15) is 5.57 Å². The van der Waals surface area contributed by atoms with Gasteiger partial charge in [-0.05, 0) is 61.5 Å². The first kappa shape index (κ1) is 24.7. The number of amides is 2. The number of thiocarbonyl (C=S) groups is 1. The molecular weight excluding hydrogens is 460 g/mol. The molecule has 3 rings (SSSR count). The maximum Gasteiger partial charge on any atom is 0.270 e. The molecule has 6 nitrogen and oxygen atoms in total. The summed E-state index contributed by atoms with van der Waals surface area (Å²) < 4.78 is 11.6. The summed E-state index contributed by atoms with van der Waals surface area (Å²) in [7, 11) is 0. The predicted octanol–water partition coefficient (Wildman–Crippen LogP) is 5.53. The quantitative estimate of drug-likeness (QED) is 0.207. The molecule has 2 amide bonds. The molecule has 0 saturated carbocycles. The van der Waals surface area contributed by atoms with Crippen LogP contribution >= 0.6 is 23.8 Å². The highest BCUT2D eigenvalue weighted by Crippen LogP contribution is 2.37. The summed E-state index contributed by atoms with van der Waals surface area (Å²) >= 11 is 11.7. The van der Waals surface area contributed by atoms with Crippen molar-refractivity contribution in [1.82, 2.24) is 5.32 Å². The average Bonchev–Trinajstić information content (AvgIpc) is 2.79. The van der Waals surface area contributed by atoms with Crippen LogP contribution in [0.5, 0.6) is 11.5 Å². The molecule has 1 heterocycles. The molecule has 0 spiro atoms. The van der Waals surface area contributed by atoms with Crippen LogP contribution in [0.15, 0.2) is 48.0 Å². The number of anilines is 1. The van der Waals surface area contributed by atoms with Crippen LogP contribution in [0.25, 0.3) is 6.08 Å². The van der Waals surface area contributed by atoms with Gasteiger partial charge in [-0.3, -0.25) is 19.8 Å². The largest absolute Gasteiger partial charge is 0.490 e. The first-order valence-corrected chi connectivity index (χ1v) is 11.8. The zero-order chi connectivity index (χ0) is 23.8. The number of para-hydroxylation sites is 1. The first-order chi connectivity index (χ1) is 16.0. The average molecular weight is 487 g/mol. The summed E-state index contributed by atoms with van der Waals surface area (Å²) in [5.74, 6) is -0.155. The molecule has 2 aromatic carbocycles. The Hall–Kier alpha value is -2.90. The monoisotopic (exact) mass is 486 g/mol. The van der Waals surface area contributed by atoms with Gasteiger partial charge in [0.05, 0.1) is 23.9 Å². The summed E-state index contributed by atoms with van der Waals surface area (Å²) in [4.78, 5) is 27.0. The van der Waals surface area contributed by atoms with Crippen LogP contribution in [0.1, 0.15) is 45.1 Å². The molecule has 0 radical (unpaired) electrons. The molecule has 0 atom stereocenters. The molecule has 0 aromatic heterocycles. The number of unbranched alkanes of at least 4 members (excludes halogenated alkanes) is 3. The van der Waals surface area contributed by atoms with E-state index in [0.717, 1.165) is 25.7 Å². The Labute approximate surface area is 204 Å². The smallest absolute Gasteiger partial charge is 0.270 e. The van der Waals surface area contributed by atoms with Crippen LogP contribution in [0.3, 0.4) is 0 Å². The van der Waals surface area contributed by atoms with Gasteiger partial charge in [-0.1, -0.05) is 56.0 Å². The SMILES string of the molecule is CCCCCCOc1c(Cl)cc(/C=C2/C(=O)NC(=S)N(c3ccccc3)C2=O)cc1OCC. The fraction of sp³-hybridized carbons (Fsp3) is 0.320. The second-order valence-electron chi connectivity index (χ2n) is 7.47. The van der Waals surface area contributed by atoms with Crippen molar-refractivity contribution in [2.75, 3.05) is 18.1 Å². The molecule has 8 heteroatoms. The van der Waals surface area contributed by atoms with Crippen LogP contribution in [-0.4, -0.2) is 30.1 Å². The van der Waals surface area contributed by atoms with E-state index in [1.165, 1.54) is 11.0 Å². The summed E-state index contributed by atoms with van der Waals surface area (Å²) in [6, 6.07) is 12.3. The Morgan fingerprint density at radius 3 is 2.52 bits per heavy atom. The predicted molar refractivity (Wildman–Crippen MR) is 135 cm³/mol. The van der Waals surface area contributed by atoms with Crippen molar-refractivity contribution in [3.05, 3.63) is 58.6 Å². The molecule has 1 fully saturated rings. The minimum atomic E-state index is -0.567. The van der Waals surface area contributed by atoms with E-state index in [2.05, 4.69) is 12.2 Å². The Morgan fingerprint density at radius 2 is 1.82 bits per heavy atom. The van der Waals surface area contributed by atoms with E-state index in [-0.39, 0.29) is 10.7 Å². The van der Waals surface area contributed by atoms with Crippen molar-refractivity contribution < 1.29 is 19.1 Å². The Kier molecular flexibility index (Phi) is 8.86. The second kappa shape index (κ2) is 11.8. The number of rotatable bonds is 10. The van der Waals surface area contributed by atoms with E-state index in [1.54, 1.807) is 36.4 Å². The van der Waals surface area contributed by atoms with Gasteiger partial charge < -0.3 is 9.47 Å². The maximum absolute atomic E-state index is 13.2. The fourth-order valence-corrected chi connectivity index (χ4v) is 3.97. The number of hydrogen-bond donors (Lipinski definition) is 1. The summed E-state index contributed by atoms with van der Waals surface area (Å²) in [6.45, 7) is 4.96. The van der Waals surface area contributed by atoms with E-state index in [0.29, 0.717) is 41.0 Å². The lowest BCUT2D eigenvalue weighted by Crippen LogP contribution is -2.54. The minimum absolute atomic E-state index is 0.0354. The van der Waals surface area contributed by atoms with Crippen LogP contribution < -0.4 is 19.7 Å². The van der Waals surface area contributed by atoms with E-state index in [1.807, 2.05) is 13.0 Å². The summed E-state index contributed by atoms with van der Waals surface area (Å²) in [6.07, 6.45) is 5.79. The van der Waals surface area contributed by atoms with Gasteiger partial charge in [-0.15, -0.1) is 0 Å². The highest BCUT2D eigenvalue weighted by Gasteiger charge is 2.34. The lowest BCUT2D eigenvalue weighted by atomic mass is 10.1. The lowest BCUT2D eigenvalue weighted by molar-refractivity contribution is -0.122. The molecule has 0 unspecified atom stereocenters. The van der Waals surface area contributed by atoms with E-state index >= 15 is 0 Å². The molecule has 1 aliphatic heterocycles. The molecule has 1 saturated heterocycles. The first-order valence-electron chi connectivity index (χ1n) is 11.0. The highest BCUT2D eigenvalue weighted by molar-refractivity contribution is 7.80. The van der Waals surface area contributed by atoms with Gasteiger partial charge in [-0.25, -0.2) is 0 Å². The van der Waals surface area contributed by atoms with Gasteiger partial charge in [-0.2, -0.15) is 0 Å².